The number of ether oxygens (including phenoxy) is 2. The number of alkyl carbamates (subject to hydrolysis) is 1. The lowest BCUT2D eigenvalue weighted by Crippen LogP contribution is -2.54. The molecule has 2 N–H and O–H groups in total. The van der Waals surface area contributed by atoms with Crippen LogP contribution in [0, 0.1) is 5.92 Å². The van der Waals surface area contributed by atoms with Crippen LogP contribution in [0.25, 0.3) is 0 Å². The Labute approximate surface area is 123 Å². The molecule has 2 unspecified atom stereocenters. The first kappa shape index (κ1) is 17.1. The highest BCUT2D eigenvalue weighted by atomic mass is 16.6. The lowest BCUT2D eigenvalue weighted by atomic mass is 9.94. The molecule has 0 bridgehead atoms. The van der Waals surface area contributed by atoms with Crippen molar-refractivity contribution < 1.29 is 29.0 Å². The number of piperidine rings is 1. The minimum atomic E-state index is -1.01. The molecule has 0 spiro atoms. The van der Waals surface area contributed by atoms with E-state index in [1.54, 1.807) is 20.8 Å². The van der Waals surface area contributed by atoms with Gasteiger partial charge in [-0.2, -0.15) is 0 Å². The van der Waals surface area contributed by atoms with Gasteiger partial charge in [0, 0.05) is 13.1 Å². The standard InChI is InChI=1S/C13H22N2O6/c1-13(2,3)21-11(18)14-9-5-8(10(16)17)6-15(7-9)12(19)20-4/h8-9H,5-7H2,1-4H3,(H,14,18)(H,16,17). The number of likely N-dealkylation sites (tertiary alicyclic amines) is 1. The van der Waals surface area contributed by atoms with Crippen LogP contribution < -0.4 is 5.32 Å². The van der Waals surface area contributed by atoms with Gasteiger partial charge in [0.25, 0.3) is 0 Å². The lowest BCUT2D eigenvalue weighted by Gasteiger charge is -2.35. The molecule has 0 aromatic carbocycles. The number of carbonyl (C=O) groups is 3. The van der Waals surface area contributed by atoms with Crippen LogP contribution in [0.5, 0.6) is 0 Å². The Bertz CT molecular complexity index is 417. The number of carbonyl (C=O) groups excluding carboxylic acids is 2. The van der Waals surface area contributed by atoms with E-state index in [0.717, 1.165) is 0 Å². The molecule has 0 saturated carbocycles. The van der Waals surface area contributed by atoms with Gasteiger partial charge in [-0.3, -0.25) is 4.79 Å². The Hall–Kier alpha value is -1.99. The van der Waals surface area contributed by atoms with Crippen LogP contribution in [0.3, 0.4) is 0 Å². The molecule has 2 amide bonds. The summed E-state index contributed by atoms with van der Waals surface area (Å²) in [6, 6.07) is -0.492. The summed E-state index contributed by atoms with van der Waals surface area (Å²) >= 11 is 0. The van der Waals surface area contributed by atoms with Gasteiger partial charge in [-0.1, -0.05) is 0 Å². The topological polar surface area (TPSA) is 105 Å². The van der Waals surface area contributed by atoms with Crippen LogP contribution in [0.4, 0.5) is 9.59 Å². The molecule has 120 valence electrons. The molecule has 1 aliphatic heterocycles. The second-order valence-corrected chi connectivity index (χ2v) is 5.99. The summed E-state index contributed by atoms with van der Waals surface area (Å²) in [6.45, 7) is 5.45. The summed E-state index contributed by atoms with van der Waals surface area (Å²) in [6.07, 6.45) is -1.01. The number of carboxylic acid groups (broad SMARTS) is 1. The third-order valence-electron chi connectivity index (χ3n) is 2.95. The van der Waals surface area contributed by atoms with Crippen molar-refractivity contribution in [3.63, 3.8) is 0 Å². The van der Waals surface area contributed by atoms with Gasteiger partial charge in [-0.05, 0) is 27.2 Å². The summed E-state index contributed by atoms with van der Waals surface area (Å²) < 4.78 is 9.73. The molecule has 1 fully saturated rings. The molecule has 1 aliphatic rings. The predicted octanol–water partition coefficient (Wildman–Crippen LogP) is 1.05. The van der Waals surface area contributed by atoms with Crippen LogP contribution in [-0.2, 0) is 14.3 Å². The van der Waals surface area contributed by atoms with Crippen LogP contribution in [0.15, 0.2) is 0 Å². The maximum absolute atomic E-state index is 11.7. The molecular formula is C13H22N2O6. The number of hydrogen-bond donors (Lipinski definition) is 2. The van der Waals surface area contributed by atoms with Gasteiger partial charge < -0.3 is 24.8 Å². The Kier molecular flexibility index (Phi) is 5.40. The molecule has 0 aromatic rings. The first-order valence-electron chi connectivity index (χ1n) is 6.67. The van der Waals surface area contributed by atoms with E-state index in [0.29, 0.717) is 0 Å². The molecule has 8 nitrogen and oxygen atoms in total. The van der Waals surface area contributed by atoms with Crippen molar-refractivity contribution in [3.05, 3.63) is 0 Å². The molecule has 1 rings (SSSR count). The van der Waals surface area contributed by atoms with Gasteiger partial charge in [-0.15, -0.1) is 0 Å². The van der Waals surface area contributed by atoms with E-state index in [9.17, 15) is 14.4 Å². The molecule has 0 radical (unpaired) electrons. The van der Waals surface area contributed by atoms with Crippen LogP contribution >= 0.6 is 0 Å². The lowest BCUT2D eigenvalue weighted by molar-refractivity contribution is -0.143. The summed E-state index contributed by atoms with van der Waals surface area (Å²) in [5.41, 5.74) is -0.646. The number of rotatable bonds is 2. The fourth-order valence-electron chi connectivity index (χ4n) is 2.13. The Balaban J connectivity index is 2.69. The van der Waals surface area contributed by atoms with E-state index in [2.05, 4.69) is 10.1 Å². The number of nitrogens with one attached hydrogen (secondary N) is 1. The maximum atomic E-state index is 11.7. The van der Waals surface area contributed by atoms with Crippen LogP contribution in [-0.4, -0.2) is 60.0 Å². The molecule has 0 aromatic heterocycles. The number of carboxylic acids is 1. The molecule has 0 aliphatic carbocycles. The fraction of sp³-hybridized carbons (Fsp3) is 0.769. The Morgan fingerprint density at radius 1 is 1.24 bits per heavy atom. The number of aliphatic carboxylic acids is 1. The van der Waals surface area contributed by atoms with Crippen molar-refractivity contribution in [2.45, 2.75) is 38.8 Å². The average Bonchev–Trinajstić information content (AvgIpc) is 2.34. The van der Waals surface area contributed by atoms with Gasteiger partial charge in [0.05, 0.1) is 19.1 Å². The van der Waals surface area contributed by atoms with Crippen molar-refractivity contribution in [1.82, 2.24) is 10.2 Å². The highest BCUT2D eigenvalue weighted by Gasteiger charge is 2.35. The molecule has 1 heterocycles. The number of nitrogens with zero attached hydrogens (tertiary/aromatic N) is 1. The smallest absolute Gasteiger partial charge is 0.409 e. The van der Waals surface area contributed by atoms with Crippen molar-refractivity contribution in [2.75, 3.05) is 20.2 Å². The van der Waals surface area contributed by atoms with Crippen LogP contribution in [0.1, 0.15) is 27.2 Å². The minimum Gasteiger partial charge on any atom is -0.481 e. The molecular weight excluding hydrogens is 280 g/mol. The highest BCUT2D eigenvalue weighted by molar-refractivity contribution is 5.74. The predicted molar refractivity (Wildman–Crippen MR) is 72.9 cm³/mol. The van der Waals surface area contributed by atoms with Gasteiger partial charge in [0.2, 0.25) is 0 Å². The highest BCUT2D eigenvalue weighted by Crippen LogP contribution is 2.18. The average molecular weight is 302 g/mol. The SMILES string of the molecule is COC(=O)N1CC(NC(=O)OC(C)(C)C)CC(C(=O)O)C1. The fourth-order valence-corrected chi connectivity index (χ4v) is 2.13. The number of amides is 2. The van der Waals surface area contributed by atoms with Crippen molar-refractivity contribution in [2.24, 2.45) is 5.92 Å². The number of hydrogen-bond acceptors (Lipinski definition) is 5. The zero-order valence-corrected chi connectivity index (χ0v) is 12.7. The summed E-state index contributed by atoms with van der Waals surface area (Å²) in [7, 11) is 1.23. The normalized spacial score (nSPS) is 22.4. The summed E-state index contributed by atoms with van der Waals surface area (Å²) in [4.78, 5) is 35.7. The van der Waals surface area contributed by atoms with E-state index in [-0.39, 0.29) is 19.5 Å². The largest absolute Gasteiger partial charge is 0.481 e. The monoisotopic (exact) mass is 302 g/mol. The third kappa shape index (κ3) is 5.49. The second-order valence-electron chi connectivity index (χ2n) is 5.99. The first-order chi connectivity index (χ1) is 9.62. The van der Waals surface area contributed by atoms with Crippen molar-refractivity contribution in [1.29, 1.82) is 0 Å². The van der Waals surface area contributed by atoms with E-state index in [4.69, 9.17) is 9.84 Å². The molecule has 2 atom stereocenters. The van der Waals surface area contributed by atoms with Crippen molar-refractivity contribution in [3.8, 4) is 0 Å². The molecule has 8 heteroatoms. The van der Waals surface area contributed by atoms with E-state index >= 15 is 0 Å². The zero-order chi connectivity index (χ0) is 16.2. The van der Waals surface area contributed by atoms with Gasteiger partial charge >= 0.3 is 18.2 Å². The third-order valence-corrected chi connectivity index (χ3v) is 2.95. The van der Waals surface area contributed by atoms with Gasteiger partial charge in [0.15, 0.2) is 0 Å². The first-order valence-corrected chi connectivity index (χ1v) is 6.67. The van der Waals surface area contributed by atoms with E-state index < -0.39 is 35.7 Å². The van der Waals surface area contributed by atoms with Crippen LogP contribution in [0.2, 0.25) is 0 Å². The summed E-state index contributed by atoms with van der Waals surface area (Å²) in [5, 5.41) is 11.7. The maximum Gasteiger partial charge on any atom is 0.409 e. The Morgan fingerprint density at radius 3 is 2.33 bits per heavy atom. The zero-order valence-electron chi connectivity index (χ0n) is 12.7. The van der Waals surface area contributed by atoms with E-state index in [1.807, 2.05) is 0 Å². The second kappa shape index (κ2) is 6.64. The van der Waals surface area contributed by atoms with Gasteiger partial charge in [0.1, 0.15) is 5.60 Å². The minimum absolute atomic E-state index is 0.0640. The Morgan fingerprint density at radius 2 is 1.86 bits per heavy atom. The van der Waals surface area contributed by atoms with Gasteiger partial charge in [-0.25, -0.2) is 9.59 Å². The summed E-state index contributed by atoms with van der Waals surface area (Å²) in [5.74, 6) is -1.77. The van der Waals surface area contributed by atoms with Crippen molar-refractivity contribution >= 4 is 18.2 Å². The quantitative estimate of drug-likeness (QED) is 0.790. The molecule has 21 heavy (non-hydrogen) atoms. The molecule has 1 saturated heterocycles. The van der Waals surface area contributed by atoms with E-state index in [1.165, 1.54) is 12.0 Å². The number of methoxy groups -OCH3 is 1.